The zero-order valence-electron chi connectivity index (χ0n) is 10.2. The molecule has 0 spiro atoms. The molecule has 0 bridgehead atoms. The topological polar surface area (TPSA) is 53.2 Å². The van der Waals surface area contributed by atoms with Gasteiger partial charge in [0.2, 0.25) is 0 Å². The van der Waals surface area contributed by atoms with Crippen LogP contribution in [0.2, 0.25) is 0 Å². The lowest BCUT2D eigenvalue weighted by Crippen LogP contribution is -2.25. The molecule has 1 aliphatic heterocycles. The predicted molar refractivity (Wildman–Crippen MR) is 70.7 cm³/mol. The smallest absolute Gasteiger partial charge is 0.251 e. The molecule has 1 heterocycles. The molecule has 0 atom stereocenters. The van der Waals surface area contributed by atoms with Gasteiger partial charge in [0, 0.05) is 25.2 Å². The lowest BCUT2D eigenvalue weighted by atomic mass is 10.1. The van der Waals surface area contributed by atoms with Crippen LogP contribution in [-0.2, 0) is 0 Å². The molecule has 0 aliphatic carbocycles. The highest BCUT2D eigenvalue weighted by Crippen LogP contribution is 2.25. The fourth-order valence-electron chi connectivity index (χ4n) is 1.86. The summed E-state index contributed by atoms with van der Waals surface area (Å²) in [6, 6.07) is 5.72. The van der Waals surface area contributed by atoms with E-state index in [0.29, 0.717) is 0 Å². The Kier molecular flexibility index (Phi) is 3.85. The minimum atomic E-state index is 0.00798. The highest BCUT2D eigenvalue weighted by Gasteiger charge is 2.11. The second-order valence-electron chi connectivity index (χ2n) is 4.22. The van der Waals surface area contributed by atoms with Crippen LogP contribution in [0.5, 0.6) is 0 Å². The first-order valence-corrected chi connectivity index (χ1v) is 6.21. The van der Waals surface area contributed by atoms with E-state index in [1.807, 2.05) is 18.2 Å². The van der Waals surface area contributed by atoms with Crippen LogP contribution >= 0.6 is 0 Å². The van der Waals surface area contributed by atoms with E-state index >= 15 is 0 Å². The molecular weight excluding hydrogens is 214 g/mol. The van der Waals surface area contributed by atoms with E-state index in [2.05, 4.69) is 22.9 Å². The van der Waals surface area contributed by atoms with Crippen molar-refractivity contribution >= 4 is 17.3 Å². The number of anilines is 2. The largest absolute Gasteiger partial charge is 0.382 e. The van der Waals surface area contributed by atoms with E-state index in [-0.39, 0.29) is 5.91 Å². The van der Waals surface area contributed by atoms with Gasteiger partial charge in [-0.25, -0.2) is 0 Å². The van der Waals surface area contributed by atoms with Crippen molar-refractivity contribution in [3.63, 3.8) is 0 Å². The number of unbranched alkanes of at least 4 members (excludes halogenated alkanes) is 1. The van der Waals surface area contributed by atoms with E-state index in [9.17, 15) is 4.79 Å². The van der Waals surface area contributed by atoms with Gasteiger partial charge in [-0.05, 0) is 24.6 Å². The number of hydrogen-bond acceptors (Lipinski definition) is 3. The lowest BCUT2D eigenvalue weighted by Gasteiger charge is -2.20. The standard InChI is InChI=1S/C13H19N3O/c1-2-3-6-16-13(17)10-4-5-11-12(9-10)15-8-7-14-11/h4-5,9,14-15H,2-3,6-8H2,1H3,(H,16,17). The van der Waals surface area contributed by atoms with Crippen LogP contribution in [0.15, 0.2) is 18.2 Å². The molecule has 0 unspecified atom stereocenters. The van der Waals surface area contributed by atoms with Crippen LogP contribution in [0.3, 0.4) is 0 Å². The molecule has 92 valence electrons. The summed E-state index contributed by atoms with van der Waals surface area (Å²) in [5.74, 6) is 0.00798. The molecule has 4 nitrogen and oxygen atoms in total. The van der Waals surface area contributed by atoms with Gasteiger partial charge in [0.15, 0.2) is 0 Å². The van der Waals surface area contributed by atoms with E-state index in [0.717, 1.165) is 49.4 Å². The molecule has 1 amide bonds. The molecule has 2 rings (SSSR count). The molecule has 4 heteroatoms. The predicted octanol–water partition coefficient (Wildman–Crippen LogP) is 2.05. The molecule has 0 saturated heterocycles. The number of amides is 1. The summed E-state index contributed by atoms with van der Waals surface area (Å²) in [4.78, 5) is 11.8. The summed E-state index contributed by atoms with van der Waals surface area (Å²) in [5.41, 5.74) is 2.80. The first-order valence-electron chi connectivity index (χ1n) is 6.21. The molecule has 1 aliphatic rings. The number of carbonyl (C=O) groups excluding carboxylic acids is 1. The van der Waals surface area contributed by atoms with Gasteiger partial charge in [-0.1, -0.05) is 13.3 Å². The van der Waals surface area contributed by atoms with E-state index < -0.39 is 0 Å². The first kappa shape index (κ1) is 11.8. The van der Waals surface area contributed by atoms with Crippen LogP contribution in [0.1, 0.15) is 30.1 Å². The Labute approximate surface area is 102 Å². The maximum Gasteiger partial charge on any atom is 0.251 e. The Morgan fingerprint density at radius 1 is 1.29 bits per heavy atom. The summed E-state index contributed by atoms with van der Waals surface area (Å²) in [6.45, 7) is 4.68. The number of carbonyl (C=O) groups is 1. The van der Waals surface area contributed by atoms with Crippen molar-refractivity contribution in [2.24, 2.45) is 0 Å². The normalized spacial score (nSPS) is 13.2. The molecule has 1 aromatic rings. The lowest BCUT2D eigenvalue weighted by molar-refractivity contribution is 0.0953. The number of rotatable bonds is 4. The van der Waals surface area contributed by atoms with E-state index in [1.165, 1.54) is 0 Å². The number of fused-ring (bicyclic) bond motifs is 1. The Morgan fingerprint density at radius 3 is 2.82 bits per heavy atom. The first-order chi connectivity index (χ1) is 8.31. The quantitative estimate of drug-likeness (QED) is 0.698. The van der Waals surface area contributed by atoms with Gasteiger partial charge in [0.25, 0.3) is 5.91 Å². The summed E-state index contributed by atoms with van der Waals surface area (Å²) in [7, 11) is 0. The Morgan fingerprint density at radius 2 is 2.06 bits per heavy atom. The number of benzene rings is 1. The zero-order valence-corrected chi connectivity index (χ0v) is 10.2. The van der Waals surface area contributed by atoms with Crippen LogP contribution in [0.25, 0.3) is 0 Å². The average molecular weight is 233 g/mol. The molecule has 1 aromatic carbocycles. The summed E-state index contributed by atoms with van der Waals surface area (Å²) >= 11 is 0. The molecule has 0 fully saturated rings. The summed E-state index contributed by atoms with van der Waals surface area (Å²) in [5, 5.41) is 9.49. The summed E-state index contributed by atoms with van der Waals surface area (Å²) < 4.78 is 0. The molecule has 0 aromatic heterocycles. The van der Waals surface area contributed by atoms with Gasteiger partial charge in [-0.3, -0.25) is 4.79 Å². The van der Waals surface area contributed by atoms with Crippen LogP contribution in [0, 0.1) is 0 Å². The van der Waals surface area contributed by atoms with Crippen molar-refractivity contribution in [1.29, 1.82) is 0 Å². The van der Waals surface area contributed by atoms with Crippen molar-refractivity contribution in [1.82, 2.24) is 5.32 Å². The fraction of sp³-hybridized carbons (Fsp3) is 0.462. The fourth-order valence-corrected chi connectivity index (χ4v) is 1.86. The Bertz CT molecular complexity index is 404. The third-order valence-corrected chi connectivity index (χ3v) is 2.85. The van der Waals surface area contributed by atoms with Crippen molar-refractivity contribution < 1.29 is 4.79 Å². The van der Waals surface area contributed by atoms with Crippen LogP contribution < -0.4 is 16.0 Å². The SMILES string of the molecule is CCCCNC(=O)c1ccc2c(c1)NCCN2. The molecule has 3 N–H and O–H groups in total. The second kappa shape index (κ2) is 5.57. The minimum absolute atomic E-state index is 0.00798. The zero-order chi connectivity index (χ0) is 12.1. The molecule has 0 radical (unpaired) electrons. The molecule has 17 heavy (non-hydrogen) atoms. The van der Waals surface area contributed by atoms with Gasteiger partial charge in [-0.2, -0.15) is 0 Å². The van der Waals surface area contributed by atoms with Crippen LogP contribution in [-0.4, -0.2) is 25.5 Å². The maximum atomic E-state index is 11.8. The second-order valence-corrected chi connectivity index (χ2v) is 4.22. The summed E-state index contributed by atoms with van der Waals surface area (Å²) in [6.07, 6.45) is 2.12. The van der Waals surface area contributed by atoms with Gasteiger partial charge in [-0.15, -0.1) is 0 Å². The third-order valence-electron chi connectivity index (χ3n) is 2.85. The minimum Gasteiger partial charge on any atom is -0.382 e. The third kappa shape index (κ3) is 2.90. The maximum absolute atomic E-state index is 11.8. The van der Waals surface area contributed by atoms with Gasteiger partial charge < -0.3 is 16.0 Å². The average Bonchev–Trinajstić information content (AvgIpc) is 2.38. The number of nitrogens with one attached hydrogen (secondary N) is 3. The Hall–Kier alpha value is -1.71. The Balaban J connectivity index is 2.03. The molecular formula is C13H19N3O. The van der Waals surface area contributed by atoms with Gasteiger partial charge in [0.05, 0.1) is 11.4 Å². The monoisotopic (exact) mass is 233 g/mol. The van der Waals surface area contributed by atoms with Crippen LogP contribution in [0.4, 0.5) is 11.4 Å². The van der Waals surface area contributed by atoms with Crippen molar-refractivity contribution in [2.45, 2.75) is 19.8 Å². The van der Waals surface area contributed by atoms with Crippen molar-refractivity contribution in [3.05, 3.63) is 23.8 Å². The van der Waals surface area contributed by atoms with Gasteiger partial charge in [0.1, 0.15) is 0 Å². The molecule has 0 saturated carbocycles. The van der Waals surface area contributed by atoms with Crippen molar-refractivity contribution in [2.75, 3.05) is 30.3 Å². The highest BCUT2D eigenvalue weighted by molar-refractivity contribution is 5.96. The van der Waals surface area contributed by atoms with E-state index in [4.69, 9.17) is 0 Å². The highest BCUT2D eigenvalue weighted by atomic mass is 16.1. The number of hydrogen-bond donors (Lipinski definition) is 3. The van der Waals surface area contributed by atoms with E-state index in [1.54, 1.807) is 0 Å². The van der Waals surface area contributed by atoms with Crippen molar-refractivity contribution in [3.8, 4) is 0 Å². The van der Waals surface area contributed by atoms with Gasteiger partial charge >= 0.3 is 0 Å².